The Morgan fingerprint density at radius 3 is 2.35 bits per heavy atom. The average Bonchev–Trinajstić information content (AvgIpc) is 2.54. The zero-order valence-corrected chi connectivity index (χ0v) is 12.8. The Morgan fingerprint density at radius 2 is 1.74 bits per heavy atom. The van der Waals surface area contributed by atoms with Gasteiger partial charge in [-0.1, -0.05) is 30.3 Å². The van der Waals surface area contributed by atoms with Gasteiger partial charge in [0.2, 0.25) is 0 Å². The largest absolute Gasteiger partial charge is 0.478 e. The molecular weight excluding hydrogens is 296 g/mol. The summed E-state index contributed by atoms with van der Waals surface area (Å²) in [7, 11) is 1.27. The molecule has 0 aliphatic heterocycles. The standard InChI is InChI=1S/C18H16O5/c1-11(19)16(12-6-5-7-13(10-12)17(20)21)14-8-3-4-9-15(14)18(22)23-2/h3-10,16H,1-2H3,(H,20,21). The van der Waals surface area contributed by atoms with E-state index in [1.807, 2.05) is 0 Å². The molecule has 2 aromatic rings. The molecule has 0 aliphatic carbocycles. The van der Waals surface area contributed by atoms with Crippen LogP contribution >= 0.6 is 0 Å². The molecule has 23 heavy (non-hydrogen) atoms. The number of carboxylic acid groups (broad SMARTS) is 1. The minimum Gasteiger partial charge on any atom is -0.478 e. The topological polar surface area (TPSA) is 80.7 Å². The van der Waals surface area contributed by atoms with Gasteiger partial charge >= 0.3 is 11.9 Å². The third-order valence-electron chi connectivity index (χ3n) is 3.55. The number of carbonyl (C=O) groups is 3. The lowest BCUT2D eigenvalue weighted by Crippen LogP contribution is -2.16. The zero-order chi connectivity index (χ0) is 17.0. The molecule has 1 atom stereocenters. The van der Waals surface area contributed by atoms with Crippen LogP contribution < -0.4 is 0 Å². The number of Topliss-reactive ketones (excluding diaryl/α,β-unsaturated/α-hetero) is 1. The van der Waals surface area contributed by atoms with Crippen molar-refractivity contribution in [2.45, 2.75) is 12.8 Å². The fourth-order valence-corrected chi connectivity index (χ4v) is 2.53. The first kappa shape index (κ1) is 16.4. The predicted octanol–water partition coefficient (Wildman–Crippen LogP) is 2.89. The van der Waals surface area contributed by atoms with Gasteiger partial charge < -0.3 is 9.84 Å². The minimum atomic E-state index is -1.07. The second-order valence-corrected chi connectivity index (χ2v) is 5.05. The molecule has 1 N–H and O–H groups in total. The van der Waals surface area contributed by atoms with Crippen LogP contribution in [0, 0.1) is 0 Å². The summed E-state index contributed by atoms with van der Waals surface area (Å²) >= 11 is 0. The van der Waals surface area contributed by atoms with Gasteiger partial charge in [0.15, 0.2) is 0 Å². The molecular formula is C18H16O5. The number of aromatic carboxylic acids is 1. The summed E-state index contributed by atoms with van der Waals surface area (Å²) in [5.41, 5.74) is 1.39. The number of ketones is 1. The van der Waals surface area contributed by atoms with Gasteiger partial charge in [0.25, 0.3) is 0 Å². The molecule has 0 bridgehead atoms. The molecule has 0 heterocycles. The Morgan fingerprint density at radius 1 is 1.04 bits per heavy atom. The third kappa shape index (κ3) is 3.45. The molecule has 0 saturated carbocycles. The molecule has 2 rings (SSSR count). The van der Waals surface area contributed by atoms with Crippen molar-refractivity contribution in [1.29, 1.82) is 0 Å². The lowest BCUT2D eigenvalue weighted by molar-refractivity contribution is -0.117. The summed E-state index contributed by atoms with van der Waals surface area (Å²) in [6.07, 6.45) is 0. The first-order valence-corrected chi connectivity index (χ1v) is 6.96. The Labute approximate surface area is 133 Å². The van der Waals surface area contributed by atoms with Crippen molar-refractivity contribution in [2.75, 3.05) is 7.11 Å². The summed E-state index contributed by atoms with van der Waals surface area (Å²) in [5, 5.41) is 9.12. The molecule has 118 valence electrons. The van der Waals surface area contributed by atoms with Gasteiger partial charge in [-0.2, -0.15) is 0 Å². The van der Waals surface area contributed by atoms with Gasteiger partial charge in [0.05, 0.1) is 24.2 Å². The van der Waals surface area contributed by atoms with Crippen LogP contribution in [0.4, 0.5) is 0 Å². The minimum absolute atomic E-state index is 0.0873. The lowest BCUT2D eigenvalue weighted by Gasteiger charge is -2.18. The van der Waals surface area contributed by atoms with Crippen LogP contribution in [0.25, 0.3) is 0 Å². The highest BCUT2D eigenvalue weighted by molar-refractivity contribution is 5.96. The molecule has 0 saturated heterocycles. The van der Waals surface area contributed by atoms with Crippen molar-refractivity contribution in [2.24, 2.45) is 0 Å². The number of hydrogen-bond acceptors (Lipinski definition) is 4. The fourth-order valence-electron chi connectivity index (χ4n) is 2.53. The van der Waals surface area contributed by atoms with Gasteiger partial charge in [0, 0.05) is 0 Å². The van der Waals surface area contributed by atoms with Crippen molar-refractivity contribution >= 4 is 17.7 Å². The normalized spacial score (nSPS) is 11.6. The van der Waals surface area contributed by atoms with Crippen molar-refractivity contribution in [3.05, 3.63) is 70.8 Å². The van der Waals surface area contributed by atoms with E-state index >= 15 is 0 Å². The number of carboxylic acids is 1. The summed E-state index contributed by atoms with van der Waals surface area (Å²) in [5.74, 6) is -2.54. The molecule has 0 radical (unpaired) electrons. The SMILES string of the molecule is COC(=O)c1ccccc1C(C(C)=O)c1cccc(C(=O)O)c1. The maximum atomic E-state index is 12.2. The highest BCUT2D eigenvalue weighted by Crippen LogP contribution is 2.29. The second kappa shape index (κ2) is 6.87. The van der Waals surface area contributed by atoms with Crippen LogP contribution in [0.5, 0.6) is 0 Å². The van der Waals surface area contributed by atoms with E-state index in [9.17, 15) is 14.4 Å². The van der Waals surface area contributed by atoms with Gasteiger partial charge in [-0.25, -0.2) is 9.59 Å². The number of hydrogen-bond donors (Lipinski definition) is 1. The number of esters is 1. The quantitative estimate of drug-likeness (QED) is 0.859. The van der Waals surface area contributed by atoms with E-state index in [1.54, 1.807) is 36.4 Å². The van der Waals surface area contributed by atoms with E-state index in [4.69, 9.17) is 9.84 Å². The van der Waals surface area contributed by atoms with Gasteiger partial charge in [-0.15, -0.1) is 0 Å². The Bertz CT molecular complexity index is 764. The summed E-state index contributed by atoms with van der Waals surface area (Å²) in [6, 6.07) is 12.8. The van der Waals surface area contributed by atoms with E-state index in [0.717, 1.165) is 0 Å². The first-order valence-electron chi connectivity index (χ1n) is 6.96. The van der Waals surface area contributed by atoms with Crippen molar-refractivity contribution in [1.82, 2.24) is 0 Å². The van der Waals surface area contributed by atoms with Crippen LogP contribution in [0.1, 0.15) is 44.7 Å². The Hall–Kier alpha value is -2.95. The summed E-state index contributed by atoms with van der Waals surface area (Å²) < 4.78 is 4.76. The zero-order valence-electron chi connectivity index (χ0n) is 12.8. The van der Waals surface area contributed by atoms with Crippen molar-refractivity contribution < 1.29 is 24.2 Å². The average molecular weight is 312 g/mol. The Balaban J connectivity index is 2.61. The van der Waals surface area contributed by atoms with Gasteiger partial charge in [-0.3, -0.25) is 4.79 Å². The van der Waals surface area contributed by atoms with Gasteiger partial charge in [-0.05, 0) is 36.2 Å². The predicted molar refractivity (Wildman–Crippen MR) is 83.7 cm³/mol. The molecule has 0 spiro atoms. The third-order valence-corrected chi connectivity index (χ3v) is 3.55. The van der Waals surface area contributed by atoms with Crippen molar-refractivity contribution in [3.63, 3.8) is 0 Å². The first-order chi connectivity index (χ1) is 11.0. The lowest BCUT2D eigenvalue weighted by atomic mass is 9.85. The van der Waals surface area contributed by atoms with E-state index in [1.165, 1.54) is 26.2 Å². The number of methoxy groups -OCH3 is 1. The van der Waals surface area contributed by atoms with Crippen LogP contribution in [-0.2, 0) is 9.53 Å². The monoisotopic (exact) mass is 312 g/mol. The highest BCUT2D eigenvalue weighted by atomic mass is 16.5. The molecule has 1 unspecified atom stereocenters. The maximum absolute atomic E-state index is 12.2. The summed E-state index contributed by atoms with van der Waals surface area (Å²) in [4.78, 5) is 35.3. The van der Waals surface area contributed by atoms with E-state index in [-0.39, 0.29) is 16.9 Å². The second-order valence-electron chi connectivity index (χ2n) is 5.05. The molecule has 0 aliphatic rings. The molecule has 0 aromatic heterocycles. The van der Waals surface area contributed by atoms with E-state index in [2.05, 4.69) is 0 Å². The molecule has 0 amide bonds. The molecule has 2 aromatic carbocycles. The highest BCUT2D eigenvalue weighted by Gasteiger charge is 2.25. The fraction of sp³-hybridized carbons (Fsp3) is 0.167. The number of ether oxygens (including phenoxy) is 1. The molecule has 5 heteroatoms. The number of rotatable bonds is 5. The maximum Gasteiger partial charge on any atom is 0.338 e. The van der Waals surface area contributed by atoms with Gasteiger partial charge in [0.1, 0.15) is 5.78 Å². The molecule has 5 nitrogen and oxygen atoms in total. The van der Waals surface area contributed by atoms with Crippen LogP contribution in [0.2, 0.25) is 0 Å². The van der Waals surface area contributed by atoms with Crippen LogP contribution in [-0.4, -0.2) is 29.9 Å². The van der Waals surface area contributed by atoms with Crippen molar-refractivity contribution in [3.8, 4) is 0 Å². The van der Waals surface area contributed by atoms with E-state index < -0.39 is 17.9 Å². The molecule has 0 fully saturated rings. The number of benzene rings is 2. The number of carbonyl (C=O) groups excluding carboxylic acids is 2. The van der Waals surface area contributed by atoms with E-state index in [0.29, 0.717) is 11.1 Å². The summed E-state index contributed by atoms with van der Waals surface area (Å²) in [6.45, 7) is 1.41. The smallest absolute Gasteiger partial charge is 0.338 e. The Kier molecular flexibility index (Phi) is 4.91. The van der Waals surface area contributed by atoms with Crippen LogP contribution in [0.3, 0.4) is 0 Å². The van der Waals surface area contributed by atoms with Crippen LogP contribution in [0.15, 0.2) is 48.5 Å².